The molecule has 90 valence electrons. The van der Waals surface area contributed by atoms with Crippen LogP contribution in [-0.2, 0) is 0 Å². The summed E-state index contributed by atoms with van der Waals surface area (Å²) in [6.07, 6.45) is 0. The van der Waals surface area contributed by atoms with E-state index in [1.807, 2.05) is 6.07 Å². The molecule has 1 aromatic heterocycles. The minimum absolute atomic E-state index is 0.0708. The summed E-state index contributed by atoms with van der Waals surface area (Å²) >= 11 is 11.4. The quantitative estimate of drug-likeness (QED) is 0.796. The van der Waals surface area contributed by atoms with Crippen molar-refractivity contribution in [1.82, 2.24) is 0 Å². The zero-order chi connectivity index (χ0) is 13.1. The molecular weight excluding hydrogens is 273 g/mol. The molecule has 0 saturated heterocycles. The predicted molar refractivity (Wildman–Crippen MR) is 67.9 cm³/mol. The summed E-state index contributed by atoms with van der Waals surface area (Å²) in [7, 11) is 0. The third kappa shape index (κ3) is 2.56. The number of nitrogens with zero attached hydrogens (tertiary/aromatic N) is 1. The maximum atomic E-state index is 12.1. The minimum atomic E-state index is -0.926. The van der Waals surface area contributed by atoms with Crippen molar-refractivity contribution in [3.05, 3.63) is 58.0 Å². The molecule has 0 spiro atoms. The Morgan fingerprint density at radius 1 is 1.17 bits per heavy atom. The van der Waals surface area contributed by atoms with Crippen LogP contribution in [0, 0.1) is 11.3 Å². The van der Waals surface area contributed by atoms with Gasteiger partial charge in [-0.05, 0) is 41.4 Å². The van der Waals surface area contributed by atoms with E-state index < -0.39 is 11.7 Å². The van der Waals surface area contributed by atoms with E-state index in [1.165, 1.54) is 12.1 Å². The van der Waals surface area contributed by atoms with Gasteiger partial charge in [0.1, 0.15) is 5.92 Å². The lowest BCUT2D eigenvalue weighted by Gasteiger charge is -2.06. The van der Waals surface area contributed by atoms with Crippen molar-refractivity contribution < 1.29 is 9.21 Å². The van der Waals surface area contributed by atoms with Crippen LogP contribution in [0.4, 0.5) is 0 Å². The third-order valence-electron chi connectivity index (χ3n) is 2.41. The van der Waals surface area contributed by atoms with Crippen LogP contribution >= 0.6 is 23.2 Å². The van der Waals surface area contributed by atoms with E-state index in [-0.39, 0.29) is 11.0 Å². The summed E-state index contributed by atoms with van der Waals surface area (Å²) in [5, 5.41) is 9.77. The number of rotatable bonds is 3. The van der Waals surface area contributed by atoms with Gasteiger partial charge >= 0.3 is 0 Å². The lowest BCUT2D eigenvalue weighted by atomic mass is 9.95. The molecule has 0 fully saturated rings. The zero-order valence-corrected chi connectivity index (χ0v) is 10.6. The molecule has 0 bridgehead atoms. The molecule has 18 heavy (non-hydrogen) atoms. The Labute approximate surface area is 114 Å². The van der Waals surface area contributed by atoms with Gasteiger partial charge in [-0.2, -0.15) is 5.26 Å². The summed E-state index contributed by atoms with van der Waals surface area (Å²) in [5.74, 6) is -1.28. The summed E-state index contributed by atoms with van der Waals surface area (Å²) in [6, 6.07) is 11.4. The molecular formula is C13H7Cl2NO2. The molecule has 3 nitrogen and oxygen atoms in total. The number of ketones is 1. The second-order valence-corrected chi connectivity index (χ2v) is 4.39. The van der Waals surface area contributed by atoms with E-state index in [1.54, 1.807) is 24.3 Å². The number of Topliss-reactive ketones (excluding diaryl/α,β-unsaturated/α-hetero) is 1. The number of nitriles is 1. The van der Waals surface area contributed by atoms with Gasteiger partial charge in [-0.1, -0.05) is 23.7 Å². The molecule has 0 aliphatic carbocycles. The van der Waals surface area contributed by atoms with Crippen LogP contribution in [0.25, 0.3) is 0 Å². The van der Waals surface area contributed by atoms with Gasteiger partial charge < -0.3 is 4.42 Å². The van der Waals surface area contributed by atoms with Crippen LogP contribution in [0.15, 0.2) is 40.8 Å². The SMILES string of the molecule is N#CC(C(=O)c1ccc(Cl)o1)c1ccc(Cl)cc1. The molecule has 2 rings (SSSR count). The number of hydrogen-bond acceptors (Lipinski definition) is 3. The van der Waals surface area contributed by atoms with Crippen LogP contribution in [0.3, 0.4) is 0 Å². The first-order chi connectivity index (χ1) is 8.61. The second-order valence-electron chi connectivity index (χ2n) is 3.58. The largest absolute Gasteiger partial charge is 0.442 e. The average Bonchev–Trinajstić information content (AvgIpc) is 2.79. The van der Waals surface area contributed by atoms with Crippen LogP contribution in [0.5, 0.6) is 0 Å². The van der Waals surface area contributed by atoms with E-state index in [4.69, 9.17) is 32.9 Å². The standard InChI is InChI=1S/C13H7Cl2NO2/c14-9-3-1-8(2-4-9)10(7-16)13(17)11-5-6-12(15)18-11/h1-6,10H. The molecule has 0 radical (unpaired) electrons. The zero-order valence-electron chi connectivity index (χ0n) is 9.06. The van der Waals surface area contributed by atoms with Crippen molar-refractivity contribution in [2.45, 2.75) is 5.92 Å². The molecule has 1 aromatic carbocycles. The molecule has 1 atom stereocenters. The molecule has 0 aliphatic heterocycles. The summed E-state index contributed by atoms with van der Waals surface area (Å²) in [5.41, 5.74) is 0.569. The van der Waals surface area contributed by atoms with Crippen molar-refractivity contribution in [2.24, 2.45) is 0 Å². The van der Waals surface area contributed by atoms with E-state index in [9.17, 15) is 4.79 Å². The number of carbonyl (C=O) groups is 1. The Balaban J connectivity index is 2.32. The van der Waals surface area contributed by atoms with Gasteiger partial charge in [-0.15, -0.1) is 0 Å². The van der Waals surface area contributed by atoms with E-state index >= 15 is 0 Å². The molecule has 1 unspecified atom stereocenters. The topological polar surface area (TPSA) is 54.0 Å². The Morgan fingerprint density at radius 3 is 2.33 bits per heavy atom. The van der Waals surface area contributed by atoms with E-state index in [0.29, 0.717) is 10.6 Å². The van der Waals surface area contributed by atoms with Crippen molar-refractivity contribution in [3.8, 4) is 6.07 Å². The summed E-state index contributed by atoms with van der Waals surface area (Å²) in [6.45, 7) is 0. The van der Waals surface area contributed by atoms with Gasteiger partial charge in [0.2, 0.25) is 5.78 Å². The highest BCUT2D eigenvalue weighted by Gasteiger charge is 2.24. The van der Waals surface area contributed by atoms with E-state index in [0.717, 1.165) is 0 Å². The Morgan fingerprint density at radius 2 is 1.83 bits per heavy atom. The minimum Gasteiger partial charge on any atom is -0.442 e. The third-order valence-corrected chi connectivity index (χ3v) is 2.87. The second kappa shape index (κ2) is 5.26. The van der Waals surface area contributed by atoms with Crippen LogP contribution in [-0.4, -0.2) is 5.78 Å². The van der Waals surface area contributed by atoms with Crippen LogP contribution in [0.2, 0.25) is 10.2 Å². The number of furan rings is 1. The fourth-order valence-corrected chi connectivity index (χ4v) is 1.80. The fourth-order valence-electron chi connectivity index (χ4n) is 1.53. The number of benzene rings is 1. The van der Waals surface area contributed by atoms with Crippen molar-refractivity contribution >= 4 is 29.0 Å². The molecule has 0 amide bonds. The highest BCUT2D eigenvalue weighted by Crippen LogP contribution is 2.24. The van der Waals surface area contributed by atoms with Gasteiger partial charge in [-0.3, -0.25) is 4.79 Å². The monoisotopic (exact) mass is 279 g/mol. The lowest BCUT2D eigenvalue weighted by molar-refractivity contribution is 0.0952. The molecule has 0 saturated carbocycles. The first-order valence-electron chi connectivity index (χ1n) is 5.06. The van der Waals surface area contributed by atoms with Gasteiger partial charge in [0.15, 0.2) is 11.0 Å². The maximum Gasteiger partial charge on any atom is 0.219 e. The molecule has 0 aliphatic rings. The molecule has 5 heteroatoms. The van der Waals surface area contributed by atoms with Crippen LogP contribution < -0.4 is 0 Å². The highest BCUT2D eigenvalue weighted by molar-refractivity contribution is 6.30. The molecule has 2 aromatic rings. The number of hydrogen-bond donors (Lipinski definition) is 0. The van der Waals surface area contributed by atoms with Crippen molar-refractivity contribution in [3.63, 3.8) is 0 Å². The van der Waals surface area contributed by atoms with Crippen LogP contribution in [0.1, 0.15) is 22.0 Å². The van der Waals surface area contributed by atoms with Gasteiger partial charge in [-0.25, -0.2) is 0 Å². The van der Waals surface area contributed by atoms with E-state index in [2.05, 4.69) is 0 Å². The summed E-state index contributed by atoms with van der Waals surface area (Å²) in [4.78, 5) is 12.1. The predicted octanol–water partition coefficient (Wildman–Crippen LogP) is 4.08. The average molecular weight is 280 g/mol. The Hall–Kier alpha value is -1.76. The summed E-state index contributed by atoms with van der Waals surface area (Å²) < 4.78 is 5.01. The van der Waals surface area contributed by atoms with Crippen molar-refractivity contribution in [2.75, 3.05) is 0 Å². The fraction of sp³-hybridized carbons (Fsp3) is 0.0769. The first-order valence-corrected chi connectivity index (χ1v) is 5.82. The smallest absolute Gasteiger partial charge is 0.219 e. The Bertz CT molecular complexity index is 611. The Kier molecular flexibility index (Phi) is 3.71. The first kappa shape index (κ1) is 12.7. The number of carbonyl (C=O) groups excluding carboxylic acids is 1. The maximum absolute atomic E-state index is 12.1. The normalized spacial score (nSPS) is 11.8. The van der Waals surface area contributed by atoms with Gasteiger partial charge in [0.05, 0.1) is 6.07 Å². The number of halogens is 2. The van der Waals surface area contributed by atoms with Gasteiger partial charge in [0.25, 0.3) is 0 Å². The lowest BCUT2D eigenvalue weighted by Crippen LogP contribution is -2.10. The van der Waals surface area contributed by atoms with Gasteiger partial charge in [0, 0.05) is 5.02 Å². The molecule has 0 N–H and O–H groups in total. The molecule has 1 heterocycles. The van der Waals surface area contributed by atoms with Crippen molar-refractivity contribution in [1.29, 1.82) is 5.26 Å². The highest BCUT2D eigenvalue weighted by atomic mass is 35.5.